The van der Waals surface area contributed by atoms with E-state index in [-0.39, 0.29) is 25.9 Å². The van der Waals surface area contributed by atoms with E-state index in [1.54, 1.807) is 13.8 Å². The van der Waals surface area contributed by atoms with E-state index in [1.165, 1.54) is 11.0 Å². The van der Waals surface area contributed by atoms with E-state index in [0.29, 0.717) is 38.5 Å². The monoisotopic (exact) mass is 767 g/mol. The maximum atomic E-state index is 14.0. The third-order valence-corrected chi connectivity index (χ3v) is 12.4. The Morgan fingerprint density at radius 1 is 1.11 bits per heavy atom. The van der Waals surface area contributed by atoms with Crippen LogP contribution in [0, 0.1) is 5.92 Å². The van der Waals surface area contributed by atoms with E-state index in [1.807, 2.05) is 28.2 Å². The van der Waals surface area contributed by atoms with Gasteiger partial charge in [0.15, 0.2) is 0 Å². The number of halogens is 3. The van der Waals surface area contributed by atoms with Crippen LogP contribution in [-0.2, 0) is 53.4 Å². The van der Waals surface area contributed by atoms with Crippen LogP contribution in [0.3, 0.4) is 0 Å². The lowest BCUT2D eigenvalue weighted by Gasteiger charge is -2.31. The number of nitrogens with zero attached hydrogens (tertiary/aromatic N) is 2. The van der Waals surface area contributed by atoms with Gasteiger partial charge in [-0.1, -0.05) is 24.3 Å². The topological polar surface area (TPSA) is 181 Å². The molecule has 3 N–H and O–H groups in total. The van der Waals surface area contributed by atoms with E-state index in [0.717, 1.165) is 21.6 Å². The maximum Gasteiger partial charge on any atom is 0.410 e. The molecule has 18 heteroatoms. The molecule has 5 amide bonds. The Balaban J connectivity index is 1.29. The van der Waals surface area contributed by atoms with Crippen LogP contribution >= 0.6 is 0 Å². The number of ether oxygens (including phenoxy) is 2. The normalized spacial score (nSPS) is 29.1. The molecule has 4 bridgehead atoms. The number of benzene rings is 1. The number of fused-ring (bicyclic) bond motifs is 3. The Hall–Kier alpha value is -4.35. The highest BCUT2D eigenvalue weighted by Crippen LogP contribution is 2.45. The van der Waals surface area contributed by atoms with Gasteiger partial charge in [-0.15, -0.1) is 6.58 Å². The first-order valence-electron chi connectivity index (χ1n) is 17.7. The Bertz CT molecular complexity index is 1800. The van der Waals surface area contributed by atoms with Crippen molar-refractivity contribution in [3.8, 4) is 0 Å². The molecular weight excluding hydrogens is 723 g/mol. The summed E-state index contributed by atoms with van der Waals surface area (Å²) in [5, 5.41) is 3.84. The number of nitrogens with one attached hydrogen (secondary N) is 3. The Morgan fingerprint density at radius 2 is 1.83 bits per heavy atom. The van der Waals surface area contributed by atoms with Crippen LogP contribution < -0.4 is 15.4 Å². The van der Waals surface area contributed by atoms with Crippen LogP contribution in [-0.4, -0.2) is 95.4 Å². The number of amides is 5. The summed E-state index contributed by atoms with van der Waals surface area (Å²) in [5.41, 5.74) is 0.0771. The summed E-state index contributed by atoms with van der Waals surface area (Å²) in [6.07, 6.45) is -5.86. The second-order valence-electron chi connectivity index (χ2n) is 15.2. The first kappa shape index (κ1) is 38.4. The molecule has 0 unspecified atom stereocenters. The van der Waals surface area contributed by atoms with Crippen LogP contribution in [0.4, 0.5) is 22.8 Å². The fraction of sp³-hybridized carbons (Fsp3) is 0.629. The lowest BCUT2D eigenvalue weighted by Crippen LogP contribution is -2.58. The van der Waals surface area contributed by atoms with Crippen molar-refractivity contribution in [2.24, 2.45) is 5.92 Å². The average molecular weight is 768 g/mol. The highest BCUT2D eigenvalue weighted by molar-refractivity contribution is 7.91. The number of cyclic esters (lactones) is 1. The van der Waals surface area contributed by atoms with Crippen molar-refractivity contribution < 1.29 is 55.0 Å². The number of sulfonamides is 1. The lowest BCUT2D eigenvalue weighted by atomic mass is 9.95. The number of hydrogen-bond donors (Lipinski definition) is 3. The number of alkyl carbamates (subject to hydrolysis) is 1. The third-order valence-electron chi connectivity index (χ3n) is 10.6. The van der Waals surface area contributed by atoms with Gasteiger partial charge in [0.25, 0.3) is 5.91 Å². The number of carbonyl (C=O) groups excluding carboxylic acids is 5. The molecule has 5 atom stereocenters. The van der Waals surface area contributed by atoms with Gasteiger partial charge < -0.3 is 25.0 Å². The van der Waals surface area contributed by atoms with Crippen molar-refractivity contribution in [3.63, 3.8) is 0 Å². The van der Waals surface area contributed by atoms with Crippen molar-refractivity contribution >= 4 is 39.9 Å². The quantitative estimate of drug-likeness (QED) is 0.351. The molecule has 3 aliphatic heterocycles. The first-order valence-corrected chi connectivity index (χ1v) is 19.3. The zero-order chi connectivity index (χ0) is 38.5. The molecular formula is C35H44F3N5O9S. The lowest BCUT2D eigenvalue weighted by molar-refractivity contribution is -0.156. The van der Waals surface area contributed by atoms with E-state index >= 15 is 0 Å². The number of aryl methyl sites for hydroxylation is 1. The third kappa shape index (κ3) is 8.57. The second kappa shape index (κ2) is 14.1. The molecule has 5 aliphatic rings. The van der Waals surface area contributed by atoms with Crippen molar-refractivity contribution in [1.29, 1.82) is 0 Å². The molecule has 0 aromatic heterocycles. The van der Waals surface area contributed by atoms with E-state index < -0.39 is 99.6 Å². The molecule has 53 heavy (non-hydrogen) atoms. The molecule has 2 saturated carbocycles. The highest BCUT2D eigenvalue weighted by atomic mass is 32.2. The minimum Gasteiger partial charge on any atom is -0.444 e. The fourth-order valence-corrected chi connectivity index (χ4v) is 8.80. The standard InChI is InChI=1S/C35H44F3N5O9S/c1-4-22-15-34(22,30(46)41-53(49,50)24-11-12-24)40-28(44)27-14-23-18-43(27)29(45)26(16-35(36,37)38)39-31(47)52-33(2,3)13-6-5-8-20-9-7-10-21-17-42(19-25(20)21)32(48)51-23/h4,7,9-10,22-24,26-27H,1,5-6,8,11-19H2,2-3H3,(H,39,47)(H,40,44)(H,41,46)/t22-,23-,26+,27+,34+/m1/s1. The largest absolute Gasteiger partial charge is 0.444 e. The van der Waals surface area contributed by atoms with Gasteiger partial charge in [-0.3, -0.25) is 24.0 Å². The molecule has 290 valence electrons. The zero-order valence-electron chi connectivity index (χ0n) is 29.5. The summed E-state index contributed by atoms with van der Waals surface area (Å²) in [6.45, 7) is 6.85. The van der Waals surface area contributed by atoms with E-state index in [4.69, 9.17) is 9.47 Å². The van der Waals surface area contributed by atoms with Gasteiger partial charge in [-0.25, -0.2) is 18.0 Å². The minimum atomic E-state index is -4.94. The van der Waals surface area contributed by atoms with Crippen LogP contribution in [0.2, 0.25) is 0 Å². The summed E-state index contributed by atoms with van der Waals surface area (Å²) in [7, 11) is -4.02. The van der Waals surface area contributed by atoms with Gasteiger partial charge >= 0.3 is 18.4 Å². The Kier molecular flexibility index (Phi) is 10.2. The van der Waals surface area contributed by atoms with E-state index in [2.05, 4.69) is 11.9 Å². The van der Waals surface area contributed by atoms with Gasteiger partial charge in [-0.2, -0.15) is 13.2 Å². The number of alkyl halides is 3. The smallest absolute Gasteiger partial charge is 0.410 e. The van der Waals surface area contributed by atoms with Crippen LogP contribution in [0.15, 0.2) is 30.9 Å². The molecule has 3 heterocycles. The predicted molar refractivity (Wildman–Crippen MR) is 181 cm³/mol. The number of carbonyl (C=O) groups is 5. The SMILES string of the molecule is C=C[C@@H]1C[C@@]1(NC(=O)[C@@H]1C[C@@H]2CN1C(=O)[C@H](CC(F)(F)F)NC(=O)OC(C)(C)CCCCc1cccc3c1CN(C3)C(=O)O2)C(=O)NS(=O)(=O)C1CC1. The van der Waals surface area contributed by atoms with Crippen molar-refractivity contribution in [3.05, 3.63) is 47.5 Å². The molecule has 2 aliphatic carbocycles. The molecule has 1 saturated heterocycles. The summed E-state index contributed by atoms with van der Waals surface area (Å²) < 4.78 is 80.1. The predicted octanol–water partition coefficient (Wildman–Crippen LogP) is 3.33. The van der Waals surface area contributed by atoms with E-state index in [9.17, 15) is 45.6 Å². The summed E-state index contributed by atoms with van der Waals surface area (Å²) in [6, 6.07) is 1.98. The number of hydrogen-bond acceptors (Lipinski definition) is 9. The van der Waals surface area contributed by atoms with Gasteiger partial charge in [0.05, 0.1) is 18.2 Å². The van der Waals surface area contributed by atoms with Crippen LogP contribution in [0.25, 0.3) is 0 Å². The molecule has 1 aromatic rings. The molecule has 1 aromatic carbocycles. The summed E-state index contributed by atoms with van der Waals surface area (Å²) >= 11 is 0. The molecule has 14 nitrogen and oxygen atoms in total. The average Bonchev–Trinajstić information content (AvgIpc) is 3.95. The highest BCUT2D eigenvalue weighted by Gasteiger charge is 2.62. The molecule has 0 radical (unpaired) electrons. The van der Waals surface area contributed by atoms with Crippen LogP contribution in [0.1, 0.15) is 81.9 Å². The Labute approximate surface area is 305 Å². The second-order valence-corrected chi connectivity index (χ2v) is 17.2. The molecule has 6 rings (SSSR count). The van der Waals surface area contributed by atoms with Crippen molar-refractivity contribution in [1.82, 2.24) is 25.2 Å². The van der Waals surface area contributed by atoms with Crippen molar-refractivity contribution in [2.45, 2.75) is 125 Å². The first-order chi connectivity index (χ1) is 24.8. The van der Waals surface area contributed by atoms with Gasteiger partial charge in [0.2, 0.25) is 21.8 Å². The Morgan fingerprint density at radius 3 is 2.49 bits per heavy atom. The van der Waals surface area contributed by atoms with Crippen LogP contribution in [0.5, 0.6) is 0 Å². The van der Waals surface area contributed by atoms with Crippen molar-refractivity contribution in [2.75, 3.05) is 6.54 Å². The zero-order valence-corrected chi connectivity index (χ0v) is 30.3. The minimum absolute atomic E-state index is 0.0231. The molecule has 0 spiro atoms. The maximum absolute atomic E-state index is 14.0. The summed E-state index contributed by atoms with van der Waals surface area (Å²) in [4.78, 5) is 70.1. The fourth-order valence-electron chi connectivity index (χ4n) is 7.44. The summed E-state index contributed by atoms with van der Waals surface area (Å²) in [5.74, 6) is -3.98. The molecule has 3 fully saturated rings. The van der Waals surface area contributed by atoms with Gasteiger partial charge in [0, 0.05) is 25.4 Å². The van der Waals surface area contributed by atoms with Gasteiger partial charge in [0.1, 0.15) is 29.3 Å². The number of rotatable bonds is 7. The van der Waals surface area contributed by atoms with Gasteiger partial charge in [-0.05, 0) is 75.5 Å².